The van der Waals surface area contributed by atoms with Crippen molar-refractivity contribution in [2.75, 3.05) is 5.33 Å². The zero-order valence-corrected chi connectivity index (χ0v) is 14.8. The Morgan fingerprint density at radius 2 is 1.90 bits per heavy atom. The molecule has 118 valence electrons. The van der Waals surface area contributed by atoms with E-state index in [1.807, 2.05) is 6.07 Å². The van der Waals surface area contributed by atoms with Crippen molar-refractivity contribution in [1.29, 1.82) is 0 Å². The number of unbranched alkanes of at least 4 members (excludes halogenated alkanes) is 1. The molecule has 0 nitrogen and oxygen atoms in total. The third kappa shape index (κ3) is 5.09. The molecule has 2 rings (SSSR count). The molecule has 0 heterocycles. The van der Waals surface area contributed by atoms with Crippen LogP contribution in [0.5, 0.6) is 0 Å². The molecule has 2 heteroatoms. The van der Waals surface area contributed by atoms with E-state index < -0.39 is 0 Å². The van der Waals surface area contributed by atoms with Gasteiger partial charge in [-0.15, -0.1) is 0 Å². The smallest absolute Gasteiger partial charge is 0.126 e. The van der Waals surface area contributed by atoms with Gasteiger partial charge in [-0.3, -0.25) is 0 Å². The zero-order chi connectivity index (χ0) is 15.1. The molecular formula is C19H28BrF. The Kier molecular flexibility index (Phi) is 7.22. The van der Waals surface area contributed by atoms with E-state index in [0.29, 0.717) is 5.92 Å². The molecular weight excluding hydrogens is 327 g/mol. The maximum absolute atomic E-state index is 14.1. The summed E-state index contributed by atoms with van der Waals surface area (Å²) in [6.45, 7) is 2.10. The zero-order valence-electron chi connectivity index (χ0n) is 13.2. The van der Waals surface area contributed by atoms with Gasteiger partial charge in [0.2, 0.25) is 0 Å². The van der Waals surface area contributed by atoms with Crippen molar-refractivity contribution in [3.8, 4) is 0 Å². The molecule has 0 aliphatic heterocycles. The Hall–Kier alpha value is -0.370. The van der Waals surface area contributed by atoms with Gasteiger partial charge < -0.3 is 0 Å². The molecule has 1 aliphatic carbocycles. The standard InChI is InChI=1S/C19H28BrF/c1-2-5-17-11-12-18(14-19(17)21)16-9-7-15(8-10-16)6-3-4-13-20/h11-12,14-16H,2-10,13H2,1H3. The summed E-state index contributed by atoms with van der Waals surface area (Å²) < 4.78 is 14.1. The average molecular weight is 355 g/mol. The van der Waals surface area contributed by atoms with Gasteiger partial charge in [-0.25, -0.2) is 4.39 Å². The molecule has 1 saturated carbocycles. The summed E-state index contributed by atoms with van der Waals surface area (Å²) in [6, 6.07) is 5.99. The van der Waals surface area contributed by atoms with Crippen molar-refractivity contribution >= 4 is 15.9 Å². The SMILES string of the molecule is CCCc1ccc(C2CCC(CCCCBr)CC2)cc1F. The lowest BCUT2D eigenvalue weighted by Gasteiger charge is -2.29. The number of alkyl halides is 1. The highest BCUT2D eigenvalue weighted by Crippen LogP contribution is 2.38. The van der Waals surface area contributed by atoms with Crippen LogP contribution in [0.1, 0.15) is 75.3 Å². The van der Waals surface area contributed by atoms with Crippen LogP contribution in [0.4, 0.5) is 4.39 Å². The van der Waals surface area contributed by atoms with Gasteiger partial charge >= 0.3 is 0 Å². The van der Waals surface area contributed by atoms with E-state index in [-0.39, 0.29) is 5.82 Å². The van der Waals surface area contributed by atoms with E-state index in [9.17, 15) is 4.39 Å². The molecule has 0 atom stereocenters. The van der Waals surface area contributed by atoms with Crippen LogP contribution in [0.2, 0.25) is 0 Å². The summed E-state index contributed by atoms with van der Waals surface area (Å²) in [4.78, 5) is 0. The highest BCUT2D eigenvalue weighted by molar-refractivity contribution is 9.09. The fraction of sp³-hybridized carbons (Fsp3) is 0.684. The predicted octanol–water partition coefficient (Wildman–Crippen LogP) is 6.62. The van der Waals surface area contributed by atoms with Crippen molar-refractivity contribution in [2.45, 2.75) is 70.6 Å². The number of halogens is 2. The van der Waals surface area contributed by atoms with Crippen LogP contribution in [-0.4, -0.2) is 5.33 Å². The number of hydrogen-bond donors (Lipinski definition) is 0. The van der Waals surface area contributed by atoms with Crippen LogP contribution in [0.15, 0.2) is 18.2 Å². The molecule has 1 fully saturated rings. The first-order valence-corrected chi connectivity index (χ1v) is 9.71. The van der Waals surface area contributed by atoms with Crippen molar-refractivity contribution < 1.29 is 4.39 Å². The molecule has 0 radical (unpaired) electrons. The Morgan fingerprint density at radius 1 is 1.14 bits per heavy atom. The van der Waals surface area contributed by atoms with Crippen molar-refractivity contribution in [3.05, 3.63) is 35.1 Å². The highest BCUT2D eigenvalue weighted by atomic mass is 79.9. The number of hydrogen-bond acceptors (Lipinski definition) is 0. The summed E-state index contributed by atoms with van der Waals surface area (Å²) in [5.74, 6) is 1.50. The minimum atomic E-state index is 0.00814. The van der Waals surface area contributed by atoms with E-state index >= 15 is 0 Å². The molecule has 1 aromatic carbocycles. The molecule has 0 amide bonds. The lowest BCUT2D eigenvalue weighted by Crippen LogP contribution is -2.13. The summed E-state index contributed by atoms with van der Waals surface area (Å²) in [5.41, 5.74) is 2.11. The number of rotatable bonds is 7. The third-order valence-electron chi connectivity index (χ3n) is 4.91. The van der Waals surface area contributed by atoms with Crippen molar-refractivity contribution in [1.82, 2.24) is 0 Å². The molecule has 1 aliphatic rings. The van der Waals surface area contributed by atoms with Crippen LogP contribution in [-0.2, 0) is 6.42 Å². The quantitative estimate of drug-likeness (QED) is 0.381. The van der Waals surface area contributed by atoms with Gasteiger partial charge in [-0.05, 0) is 67.6 Å². The van der Waals surface area contributed by atoms with E-state index in [4.69, 9.17) is 0 Å². The Bertz CT molecular complexity index is 422. The molecule has 0 saturated heterocycles. The first-order valence-electron chi connectivity index (χ1n) is 8.58. The molecule has 0 bridgehead atoms. The molecule has 0 aromatic heterocycles. The van der Waals surface area contributed by atoms with Crippen molar-refractivity contribution in [2.24, 2.45) is 5.92 Å². The van der Waals surface area contributed by atoms with E-state index in [0.717, 1.165) is 29.7 Å². The number of benzene rings is 1. The van der Waals surface area contributed by atoms with Crippen molar-refractivity contribution in [3.63, 3.8) is 0 Å². The maximum Gasteiger partial charge on any atom is 0.126 e. The largest absolute Gasteiger partial charge is 0.207 e. The Morgan fingerprint density at radius 3 is 2.52 bits per heavy atom. The second-order valence-electron chi connectivity index (χ2n) is 6.50. The Labute approximate surface area is 137 Å². The molecule has 0 spiro atoms. The first kappa shape index (κ1) is 17.0. The summed E-state index contributed by atoms with van der Waals surface area (Å²) in [6.07, 6.45) is 11.0. The van der Waals surface area contributed by atoms with E-state index in [2.05, 4.69) is 28.9 Å². The van der Waals surface area contributed by atoms with Gasteiger partial charge in [0.1, 0.15) is 5.82 Å². The average Bonchev–Trinajstić information content (AvgIpc) is 2.50. The fourth-order valence-electron chi connectivity index (χ4n) is 3.60. The Balaban J connectivity index is 1.85. The molecule has 0 unspecified atom stereocenters. The van der Waals surface area contributed by atoms with Crippen LogP contribution < -0.4 is 0 Å². The summed E-state index contributed by atoms with van der Waals surface area (Å²) >= 11 is 3.50. The second-order valence-corrected chi connectivity index (χ2v) is 7.30. The number of aryl methyl sites for hydroxylation is 1. The monoisotopic (exact) mass is 354 g/mol. The lowest BCUT2D eigenvalue weighted by atomic mass is 9.77. The van der Waals surface area contributed by atoms with Gasteiger partial charge in [0, 0.05) is 5.33 Å². The van der Waals surface area contributed by atoms with Gasteiger partial charge in [-0.1, -0.05) is 54.2 Å². The van der Waals surface area contributed by atoms with Crippen LogP contribution in [0.3, 0.4) is 0 Å². The second kappa shape index (κ2) is 8.92. The molecule has 1 aromatic rings. The van der Waals surface area contributed by atoms with Gasteiger partial charge in [0.05, 0.1) is 0 Å². The first-order chi connectivity index (χ1) is 10.2. The lowest BCUT2D eigenvalue weighted by molar-refractivity contribution is 0.304. The molecule has 0 N–H and O–H groups in total. The maximum atomic E-state index is 14.1. The van der Waals surface area contributed by atoms with Crippen LogP contribution in [0, 0.1) is 11.7 Å². The van der Waals surface area contributed by atoms with Gasteiger partial charge in [0.25, 0.3) is 0 Å². The fourth-order valence-corrected chi connectivity index (χ4v) is 4.00. The minimum Gasteiger partial charge on any atom is -0.207 e. The predicted molar refractivity (Wildman–Crippen MR) is 92.7 cm³/mol. The minimum absolute atomic E-state index is 0.00814. The van der Waals surface area contributed by atoms with Gasteiger partial charge in [0.15, 0.2) is 0 Å². The third-order valence-corrected chi connectivity index (χ3v) is 5.47. The normalized spacial score (nSPS) is 22.4. The summed E-state index contributed by atoms with van der Waals surface area (Å²) in [5, 5.41) is 1.13. The topological polar surface area (TPSA) is 0 Å². The molecule has 21 heavy (non-hydrogen) atoms. The van der Waals surface area contributed by atoms with E-state index in [1.54, 1.807) is 6.07 Å². The van der Waals surface area contributed by atoms with E-state index in [1.165, 1.54) is 50.5 Å². The summed E-state index contributed by atoms with van der Waals surface area (Å²) in [7, 11) is 0. The van der Waals surface area contributed by atoms with Crippen LogP contribution in [0.25, 0.3) is 0 Å². The van der Waals surface area contributed by atoms with Crippen LogP contribution >= 0.6 is 15.9 Å². The van der Waals surface area contributed by atoms with Gasteiger partial charge in [-0.2, -0.15) is 0 Å². The highest BCUT2D eigenvalue weighted by Gasteiger charge is 2.22.